The fourth-order valence-corrected chi connectivity index (χ4v) is 8.05. The maximum Gasteiger partial charge on any atom is 0.411 e. The van der Waals surface area contributed by atoms with E-state index in [0.717, 1.165) is 72.7 Å². The van der Waals surface area contributed by atoms with E-state index in [4.69, 9.17) is 14.5 Å². The van der Waals surface area contributed by atoms with Crippen molar-refractivity contribution < 1.29 is 19.1 Å². The van der Waals surface area contributed by atoms with Crippen LogP contribution in [-0.4, -0.2) is 65.7 Å². The lowest BCUT2D eigenvalue weighted by atomic mass is 9.87. The summed E-state index contributed by atoms with van der Waals surface area (Å²) in [4.78, 5) is 46.8. The first-order valence-corrected chi connectivity index (χ1v) is 19.2. The van der Waals surface area contributed by atoms with E-state index < -0.39 is 11.2 Å². The number of hydrogen-bond acceptors (Lipinski definition) is 6. The number of carbonyl (C=O) groups excluding carboxylic acids is 2. The van der Waals surface area contributed by atoms with Crippen molar-refractivity contribution in [1.29, 1.82) is 0 Å². The molecule has 280 valence electrons. The Morgan fingerprint density at radius 3 is 2.15 bits per heavy atom. The van der Waals surface area contributed by atoms with Crippen LogP contribution in [0.15, 0.2) is 78.7 Å². The van der Waals surface area contributed by atoms with Gasteiger partial charge in [-0.15, -0.1) is 0 Å². The number of hydrogen-bond donors (Lipinski definition) is 2. The average molecular weight is 719 g/mol. The highest BCUT2D eigenvalue weighted by atomic mass is 16.6. The maximum absolute atomic E-state index is 13.7. The van der Waals surface area contributed by atoms with Crippen LogP contribution in [0.3, 0.4) is 0 Å². The smallest absolute Gasteiger partial charge is 0.411 e. The van der Waals surface area contributed by atoms with Crippen molar-refractivity contribution in [1.82, 2.24) is 29.7 Å². The Kier molecular flexibility index (Phi) is 10.00. The number of H-pyrrole nitrogens is 2. The van der Waals surface area contributed by atoms with Gasteiger partial charge in [0.1, 0.15) is 22.9 Å². The maximum atomic E-state index is 13.7. The standard InChI is InChI=1S/C43H54N6O4/c1-27-11-8-9-12-32(27)35-22-23-37(49(35)41(51)53-43(5,6)7)39-45-26-34(47-39)31-20-16-29(17-21-31)28-14-18-30(19-15-28)33-25-44-38(46-33)36-13-10-24-48(36)40(50)52-42(2,3)4/h8-9,12,14-16,18-21,25-27,29,35-37H,10-11,13,17,22-24H2,1-7H3,(H,44,46)(H,45,47)/t27?,29?,35-,36?,37?/m1/s1. The lowest BCUT2D eigenvalue weighted by molar-refractivity contribution is 0.0156. The molecule has 2 aromatic heterocycles. The summed E-state index contributed by atoms with van der Waals surface area (Å²) >= 11 is 0. The van der Waals surface area contributed by atoms with E-state index in [1.807, 2.05) is 58.8 Å². The Bertz CT molecular complexity index is 1930. The summed E-state index contributed by atoms with van der Waals surface area (Å²) in [6, 6.07) is 8.31. The Morgan fingerprint density at radius 2 is 1.47 bits per heavy atom. The lowest BCUT2D eigenvalue weighted by Gasteiger charge is -2.35. The highest BCUT2D eigenvalue weighted by Crippen LogP contribution is 2.43. The number of nitrogens with one attached hydrogen (secondary N) is 2. The molecular formula is C43H54N6O4. The van der Waals surface area contributed by atoms with Gasteiger partial charge in [0.05, 0.1) is 41.9 Å². The molecule has 2 fully saturated rings. The second-order valence-corrected chi connectivity index (χ2v) is 16.9. The van der Waals surface area contributed by atoms with Gasteiger partial charge < -0.3 is 19.4 Å². The van der Waals surface area contributed by atoms with Gasteiger partial charge in [-0.05, 0) is 108 Å². The normalized spacial score (nSPS) is 24.7. The monoisotopic (exact) mass is 718 g/mol. The van der Waals surface area contributed by atoms with E-state index in [2.05, 4.69) is 82.6 Å². The molecule has 0 bridgehead atoms. The molecule has 2 amide bonds. The molecule has 5 atom stereocenters. The molecule has 2 N–H and O–H groups in total. The summed E-state index contributed by atoms with van der Waals surface area (Å²) < 4.78 is 11.6. The summed E-state index contributed by atoms with van der Waals surface area (Å²) in [6.07, 6.45) is 21.7. The SMILES string of the molecule is CC1CC=CC=C1[C@H]1CCC(c2ncc(C3=CCC(c4ccc(-c5cnc(C6CCCN6C(=O)OC(C)(C)C)[nH]5)cc4)C=C3)[nH]2)N1C(=O)OC(C)(C)C. The summed E-state index contributed by atoms with van der Waals surface area (Å²) in [5.41, 5.74) is 5.43. The van der Waals surface area contributed by atoms with E-state index >= 15 is 0 Å². The van der Waals surface area contributed by atoms with E-state index in [-0.39, 0.29) is 36.2 Å². The van der Waals surface area contributed by atoms with Crippen molar-refractivity contribution in [3.8, 4) is 11.3 Å². The highest BCUT2D eigenvalue weighted by molar-refractivity contribution is 5.74. The molecule has 4 heterocycles. The van der Waals surface area contributed by atoms with Gasteiger partial charge in [-0.3, -0.25) is 9.80 Å². The lowest BCUT2D eigenvalue weighted by Crippen LogP contribution is -2.43. The van der Waals surface area contributed by atoms with Crippen LogP contribution in [0.2, 0.25) is 0 Å². The zero-order valence-corrected chi connectivity index (χ0v) is 32.2. The number of amides is 2. The van der Waals surface area contributed by atoms with Crippen LogP contribution in [0.1, 0.15) is 128 Å². The van der Waals surface area contributed by atoms with Crippen molar-refractivity contribution in [3.63, 3.8) is 0 Å². The Labute approximate surface area is 313 Å². The minimum Gasteiger partial charge on any atom is -0.444 e. The summed E-state index contributed by atoms with van der Waals surface area (Å²) in [5.74, 6) is 2.22. The third-order valence-electron chi connectivity index (χ3n) is 10.6. The fourth-order valence-electron chi connectivity index (χ4n) is 8.05. The van der Waals surface area contributed by atoms with E-state index in [1.165, 1.54) is 11.1 Å². The molecule has 0 radical (unpaired) electrons. The molecule has 1 aromatic carbocycles. The largest absolute Gasteiger partial charge is 0.444 e. The first kappa shape index (κ1) is 36.5. The Hall–Kier alpha value is -4.86. The van der Waals surface area contributed by atoms with Crippen LogP contribution in [0.25, 0.3) is 16.8 Å². The van der Waals surface area contributed by atoms with Gasteiger partial charge in [0.25, 0.3) is 0 Å². The van der Waals surface area contributed by atoms with Crippen LogP contribution < -0.4 is 0 Å². The summed E-state index contributed by atoms with van der Waals surface area (Å²) in [6.45, 7) is 14.3. The number of likely N-dealkylation sites (tertiary alicyclic amines) is 2. The van der Waals surface area contributed by atoms with Crippen LogP contribution >= 0.6 is 0 Å². The first-order chi connectivity index (χ1) is 25.2. The number of rotatable bonds is 6. The Morgan fingerprint density at radius 1 is 0.811 bits per heavy atom. The topological polar surface area (TPSA) is 116 Å². The number of aromatic amines is 2. The molecule has 2 saturated heterocycles. The summed E-state index contributed by atoms with van der Waals surface area (Å²) in [7, 11) is 0. The van der Waals surface area contributed by atoms with Crippen LogP contribution in [0, 0.1) is 5.92 Å². The van der Waals surface area contributed by atoms with Crippen molar-refractivity contribution in [2.24, 2.45) is 5.92 Å². The van der Waals surface area contributed by atoms with Gasteiger partial charge in [0.2, 0.25) is 0 Å². The molecular weight excluding hydrogens is 665 g/mol. The molecule has 0 saturated carbocycles. The average Bonchev–Trinajstić information content (AvgIpc) is 3.93. The summed E-state index contributed by atoms with van der Waals surface area (Å²) in [5, 5.41) is 0. The third kappa shape index (κ3) is 8.06. The number of ether oxygens (including phenoxy) is 2. The van der Waals surface area contributed by atoms with Crippen LogP contribution in [0.5, 0.6) is 0 Å². The molecule has 53 heavy (non-hydrogen) atoms. The second-order valence-electron chi connectivity index (χ2n) is 16.9. The molecule has 0 spiro atoms. The van der Waals surface area contributed by atoms with Crippen LogP contribution in [0.4, 0.5) is 9.59 Å². The van der Waals surface area contributed by atoms with Gasteiger partial charge >= 0.3 is 12.2 Å². The van der Waals surface area contributed by atoms with E-state index in [0.29, 0.717) is 12.5 Å². The van der Waals surface area contributed by atoms with Crippen molar-refractivity contribution >= 4 is 17.8 Å². The molecule has 2 aliphatic carbocycles. The van der Waals surface area contributed by atoms with E-state index in [1.54, 1.807) is 4.90 Å². The van der Waals surface area contributed by atoms with Crippen molar-refractivity contribution in [2.45, 2.75) is 122 Å². The van der Waals surface area contributed by atoms with Crippen LogP contribution in [-0.2, 0) is 9.47 Å². The minimum atomic E-state index is -0.588. The predicted octanol–water partition coefficient (Wildman–Crippen LogP) is 9.96. The minimum absolute atomic E-state index is 0.0126. The van der Waals surface area contributed by atoms with E-state index in [9.17, 15) is 9.59 Å². The second kappa shape index (κ2) is 14.5. The number of allylic oxidation sites excluding steroid dienone is 7. The van der Waals surface area contributed by atoms with Gasteiger partial charge in [-0.1, -0.05) is 67.6 Å². The number of benzene rings is 1. The zero-order valence-electron chi connectivity index (χ0n) is 32.2. The number of imidazole rings is 2. The molecule has 3 aromatic rings. The van der Waals surface area contributed by atoms with Crippen molar-refractivity contribution in [2.75, 3.05) is 6.54 Å². The molecule has 10 nitrogen and oxygen atoms in total. The quantitative estimate of drug-likeness (QED) is 0.262. The fraction of sp³-hybridized carbons (Fsp3) is 0.488. The number of carbonyl (C=O) groups is 2. The molecule has 4 unspecified atom stereocenters. The van der Waals surface area contributed by atoms with Gasteiger partial charge in [-0.2, -0.15) is 0 Å². The van der Waals surface area contributed by atoms with Crippen molar-refractivity contribution in [3.05, 3.63) is 102 Å². The highest BCUT2D eigenvalue weighted by Gasteiger charge is 2.44. The Balaban J connectivity index is 1.01. The first-order valence-electron chi connectivity index (χ1n) is 19.2. The van der Waals surface area contributed by atoms with Gasteiger partial charge in [-0.25, -0.2) is 19.6 Å². The molecule has 4 aliphatic rings. The molecule has 2 aliphatic heterocycles. The molecule has 7 rings (SSSR count). The predicted molar refractivity (Wildman–Crippen MR) is 207 cm³/mol. The number of nitrogens with zero attached hydrogens (tertiary/aromatic N) is 4. The number of aromatic nitrogens is 4. The van der Waals surface area contributed by atoms with Gasteiger partial charge in [0.15, 0.2) is 0 Å². The third-order valence-corrected chi connectivity index (χ3v) is 10.6. The zero-order chi connectivity index (χ0) is 37.5. The van der Waals surface area contributed by atoms with Gasteiger partial charge in [0, 0.05) is 12.5 Å². The molecule has 10 heteroatoms.